The minimum atomic E-state index is 0.0712. The molecule has 2 N–H and O–H groups in total. The van der Waals surface area contributed by atoms with E-state index in [1.165, 1.54) is 25.7 Å². The van der Waals surface area contributed by atoms with Gasteiger partial charge in [0.1, 0.15) is 5.82 Å². The first kappa shape index (κ1) is 14.3. The first-order valence-corrected chi connectivity index (χ1v) is 8.05. The van der Waals surface area contributed by atoms with E-state index in [1.54, 1.807) is 6.20 Å². The fraction of sp³-hybridized carbons (Fsp3) is 0.625. The average molecular weight is 288 g/mol. The summed E-state index contributed by atoms with van der Waals surface area (Å²) in [4.78, 5) is 18.8. The zero-order valence-corrected chi connectivity index (χ0v) is 12.5. The summed E-state index contributed by atoms with van der Waals surface area (Å²) in [6, 6.07) is 4.30. The topological polar surface area (TPSA) is 57.3 Å². The maximum Gasteiger partial charge on any atom is 0.225 e. The zero-order chi connectivity index (χ0) is 14.5. The van der Waals surface area contributed by atoms with E-state index in [0.29, 0.717) is 12.5 Å². The third kappa shape index (κ3) is 3.94. The molecule has 0 radical (unpaired) electrons. The Morgan fingerprint density at radius 3 is 2.81 bits per heavy atom. The summed E-state index contributed by atoms with van der Waals surface area (Å²) in [5.74, 6) is 1.09. The van der Waals surface area contributed by atoms with Crippen LogP contribution in [0.2, 0.25) is 0 Å². The van der Waals surface area contributed by atoms with Crippen LogP contribution in [0.4, 0.5) is 11.5 Å². The second-order valence-corrected chi connectivity index (χ2v) is 6.00. The van der Waals surface area contributed by atoms with E-state index in [4.69, 9.17) is 0 Å². The van der Waals surface area contributed by atoms with Gasteiger partial charge in [-0.1, -0.05) is 0 Å². The monoisotopic (exact) mass is 288 g/mol. The van der Waals surface area contributed by atoms with E-state index in [1.807, 2.05) is 12.1 Å². The number of carbonyl (C=O) groups excluding carboxylic acids is 1. The number of hydrogen-bond acceptors (Lipinski definition) is 4. The highest BCUT2D eigenvalue weighted by molar-refractivity contribution is 5.91. The fourth-order valence-electron chi connectivity index (χ4n) is 3.14. The van der Waals surface area contributed by atoms with Gasteiger partial charge in [-0.25, -0.2) is 4.98 Å². The van der Waals surface area contributed by atoms with Gasteiger partial charge >= 0.3 is 0 Å². The van der Waals surface area contributed by atoms with Gasteiger partial charge in [0.15, 0.2) is 0 Å². The highest BCUT2D eigenvalue weighted by atomic mass is 16.1. The molecule has 5 nitrogen and oxygen atoms in total. The van der Waals surface area contributed by atoms with Crippen molar-refractivity contribution in [3.63, 3.8) is 0 Å². The lowest BCUT2D eigenvalue weighted by Crippen LogP contribution is -2.30. The summed E-state index contributed by atoms with van der Waals surface area (Å²) in [5.41, 5.74) is 0.791. The number of aromatic nitrogens is 1. The molecule has 1 aromatic rings. The molecule has 1 amide bonds. The summed E-state index contributed by atoms with van der Waals surface area (Å²) in [7, 11) is 0. The van der Waals surface area contributed by atoms with E-state index >= 15 is 0 Å². The van der Waals surface area contributed by atoms with Crippen molar-refractivity contribution in [3.05, 3.63) is 18.3 Å². The van der Waals surface area contributed by atoms with Gasteiger partial charge < -0.3 is 15.5 Å². The quantitative estimate of drug-likeness (QED) is 0.891. The number of hydrogen-bond donors (Lipinski definition) is 2. The van der Waals surface area contributed by atoms with Crippen molar-refractivity contribution >= 4 is 17.4 Å². The molecule has 0 aromatic carbocycles. The van der Waals surface area contributed by atoms with Gasteiger partial charge in [0.25, 0.3) is 0 Å². The number of pyridine rings is 1. The molecule has 0 aliphatic carbocycles. The van der Waals surface area contributed by atoms with E-state index in [-0.39, 0.29) is 5.91 Å². The minimum Gasteiger partial charge on any atom is -0.357 e. The second-order valence-electron chi connectivity index (χ2n) is 6.00. The van der Waals surface area contributed by atoms with Crippen LogP contribution in [-0.4, -0.2) is 36.6 Å². The lowest BCUT2D eigenvalue weighted by molar-refractivity contribution is -0.116. The predicted molar refractivity (Wildman–Crippen MR) is 84.6 cm³/mol. The van der Waals surface area contributed by atoms with Gasteiger partial charge in [0, 0.05) is 25.6 Å². The summed E-state index contributed by atoms with van der Waals surface area (Å²) < 4.78 is 0. The maximum absolute atomic E-state index is 12.0. The molecule has 2 aliphatic heterocycles. The molecule has 2 saturated heterocycles. The van der Waals surface area contributed by atoms with E-state index in [0.717, 1.165) is 37.6 Å². The van der Waals surface area contributed by atoms with Crippen molar-refractivity contribution in [2.24, 2.45) is 0 Å². The first-order chi connectivity index (χ1) is 10.3. The number of amides is 1. The van der Waals surface area contributed by atoms with Gasteiger partial charge in [-0.3, -0.25) is 4.79 Å². The SMILES string of the molecule is O=C(CC1CCCN1)Nc1ccc(N2CCCCC2)nc1. The summed E-state index contributed by atoms with van der Waals surface area (Å²) in [6.07, 6.45) is 8.39. The van der Waals surface area contributed by atoms with Crippen LogP contribution in [-0.2, 0) is 4.79 Å². The molecule has 1 aromatic heterocycles. The molecule has 0 saturated carbocycles. The molecule has 1 unspecified atom stereocenters. The molecule has 2 fully saturated rings. The molecular weight excluding hydrogens is 264 g/mol. The van der Waals surface area contributed by atoms with Crippen molar-refractivity contribution in [3.8, 4) is 0 Å². The maximum atomic E-state index is 12.0. The van der Waals surface area contributed by atoms with Crippen molar-refractivity contribution in [2.45, 2.75) is 44.6 Å². The molecule has 0 bridgehead atoms. The number of nitrogens with one attached hydrogen (secondary N) is 2. The number of piperidine rings is 1. The largest absolute Gasteiger partial charge is 0.357 e. The summed E-state index contributed by atoms with van der Waals surface area (Å²) in [6.45, 7) is 3.21. The molecule has 3 heterocycles. The zero-order valence-electron chi connectivity index (χ0n) is 12.5. The predicted octanol–water partition coefficient (Wildman–Crippen LogP) is 2.15. The molecule has 5 heteroatoms. The normalized spacial score (nSPS) is 22.3. The number of rotatable bonds is 4. The van der Waals surface area contributed by atoms with Crippen LogP contribution in [0, 0.1) is 0 Å². The Kier molecular flexibility index (Phi) is 4.70. The molecule has 114 valence electrons. The van der Waals surface area contributed by atoms with Crippen LogP contribution < -0.4 is 15.5 Å². The van der Waals surface area contributed by atoms with Crippen LogP contribution in [0.25, 0.3) is 0 Å². The Labute approximate surface area is 126 Å². The molecule has 0 spiro atoms. The highest BCUT2D eigenvalue weighted by Crippen LogP contribution is 2.19. The lowest BCUT2D eigenvalue weighted by atomic mass is 10.1. The number of carbonyl (C=O) groups is 1. The number of nitrogens with zero attached hydrogens (tertiary/aromatic N) is 2. The minimum absolute atomic E-state index is 0.0712. The lowest BCUT2D eigenvalue weighted by Gasteiger charge is -2.27. The Hall–Kier alpha value is -1.62. The highest BCUT2D eigenvalue weighted by Gasteiger charge is 2.18. The standard InChI is InChI=1S/C16H24N4O/c21-16(11-13-5-4-8-17-13)19-14-6-7-15(18-12-14)20-9-2-1-3-10-20/h6-7,12-13,17H,1-5,8-11H2,(H,19,21). The van der Waals surface area contributed by atoms with Crippen LogP contribution in [0.1, 0.15) is 38.5 Å². The fourth-order valence-corrected chi connectivity index (χ4v) is 3.14. The Morgan fingerprint density at radius 2 is 2.14 bits per heavy atom. The van der Waals surface area contributed by atoms with E-state index in [2.05, 4.69) is 20.5 Å². The third-order valence-electron chi connectivity index (χ3n) is 4.31. The van der Waals surface area contributed by atoms with E-state index in [9.17, 15) is 4.79 Å². The summed E-state index contributed by atoms with van der Waals surface area (Å²) in [5, 5.41) is 6.28. The van der Waals surface area contributed by atoms with Gasteiger partial charge in [-0.15, -0.1) is 0 Å². The van der Waals surface area contributed by atoms with Crippen molar-refractivity contribution in [1.82, 2.24) is 10.3 Å². The van der Waals surface area contributed by atoms with Crippen LogP contribution in [0.3, 0.4) is 0 Å². The smallest absolute Gasteiger partial charge is 0.225 e. The van der Waals surface area contributed by atoms with Crippen LogP contribution in [0.15, 0.2) is 18.3 Å². The Balaban J connectivity index is 1.52. The van der Waals surface area contributed by atoms with Gasteiger partial charge in [0.05, 0.1) is 11.9 Å². The average Bonchev–Trinajstić information content (AvgIpc) is 3.02. The Morgan fingerprint density at radius 1 is 1.29 bits per heavy atom. The molecule has 2 aliphatic rings. The summed E-state index contributed by atoms with van der Waals surface area (Å²) >= 11 is 0. The van der Waals surface area contributed by atoms with Crippen molar-refractivity contribution in [1.29, 1.82) is 0 Å². The Bertz CT molecular complexity index is 462. The van der Waals surface area contributed by atoms with Crippen LogP contribution >= 0.6 is 0 Å². The molecular formula is C16H24N4O. The second kappa shape index (κ2) is 6.89. The van der Waals surface area contributed by atoms with Gasteiger partial charge in [-0.2, -0.15) is 0 Å². The third-order valence-corrected chi connectivity index (χ3v) is 4.31. The molecule has 1 atom stereocenters. The van der Waals surface area contributed by atoms with Crippen LogP contribution in [0.5, 0.6) is 0 Å². The van der Waals surface area contributed by atoms with Crippen molar-refractivity contribution < 1.29 is 4.79 Å². The first-order valence-electron chi connectivity index (χ1n) is 8.05. The van der Waals surface area contributed by atoms with Gasteiger partial charge in [-0.05, 0) is 50.8 Å². The van der Waals surface area contributed by atoms with E-state index < -0.39 is 0 Å². The van der Waals surface area contributed by atoms with Crippen molar-refractivity contribution in [2.75, 3.05) is 29.9 Å². The van der Waals surface area contributed by atoms with Gasteiger partial charge in [0.2, 0.25) is 5.91 Å². The molecule has 3 rings (SSSR count). The number of anilines is 2. The molecule has 21 heavy (non-hydrogen) atoms.